The zero-order valence-corrected chi connectivity index (χ0v) is 75.8. The van der Waals surface area contributed by atoms with E-state index in [1.807, 2.05) is 99.4 Å². The first-order chi connectivity index (χ1) is 53.0. The van der Waals surface area contributed by atoms with Gasteiger partial charge in [0.1, 0.15) is 0 Å². The largest absolute Gasteiger partial charge is 0.478 e. The highest BCUT2D eigenvalue weighted by Crippen LogP contribution is 2.23. The molecule has 0 spiro atoms. The van der Waals surface area contributed by atoms with Crippen LogP contribution in [0.2, 0.25) is 0 Å². The predicted molar refractivity (Wildman–Crippen MR) is 500 cm³/mol. The molecule has 7 heterocycles. The molecule has 0 fully saturated rings. The molecule has 113 heavy (non-hydrogen) atoms. The van der Waals surface area contributed by atoms with Gasteiger partial charge in [-0.1, -0.05) is 258 Å². The van der Waals surface area contributed by atoms with Gasteiger partial charge < -0.3 is 5.11 Å². The fraction of sp³-hybridized carbons (Fsp3) is 0.385. The molecular formula is C104H143N7O2. The van der Waals surface area contributed by atoms with Crippen LogP contribution >= 0.6 is 0 Å². The minimum Gasteiger partial charge on any atom is -0.478 e. The highest BCUT2D eigenvalue weighted by molar-refractivity contribution is 6.02. The van der Waals surface area contributed by atoms with Gasteiger partial charge in [-0.15, -0.1) is 0 Å². The van der Waals surface area contributed by atoms with Crippen molar-refractivity contribution >= 4 is 82.3 Å². The first kappa shape index (κ1) is 101. The summed E-state index contributed by atoms with van der Waals surface area (Å²) in [4.78, 5) is 40.9. The number of rotatable bonds is 1. The molecular weight excluding hydrogens is 1380 g/mol. The van der Waals surface area contributed by atoms with Gasteiger partial charge in [0.15, 0.2) is 0 Å². The molecule has 9 heteroatoms. The van der Waals surface area contributed by atoms with E-state index in [0.29, 0.717) is 5.52 Å². The molecule has 0 saturated heterocycles. The number of benzene rings is 7. The maximum Gasteiger partial charge on any atom is 0.337 e. The van der Waals surface area contributed by atoms with E-state index in [1.165, 1.54) is 88.0 Å². The zero-order valence-electron chi connectivity index (χ0n) is 75.8. The van der Waals surface area contributed by atoms with Crippen LogP contribution in [0.5, 0.6) is 0 Å². The molecule has 606 valence electrons. The van der Waals surface area contributed by atoms with Crippen LogP contribution in [0.4, 0.5) is 0 Å². The van der Waals surface area contributed by atoms with E-state index in [-0.39, 0.29) is 5.56 Å². The average Bonchev–Trinajstić information content (AvgIpc) is 0.885. The third-order valence-corrected chi connectivity index (χ3v) is 14.0. The number of aromatic nitrogens is 7. The van der Waals surface area contributed by atoms with E-state index in [9.17, 15) is 4.79 Å². The molecule has 9 nitrogen and oxygen atoms in total. The fourth-order valence-electron chi connectivity index (χ4n) is 10.3. The van der Waals surface area contributed by atoms with Crippen LogP contribution in [-0.4, -0.2) is 46.0 Å². The Labute approximate surface area is 684 Å². The summed E-state index contributed by atoms with van der Waals surface area (Å²) in [5.74, 6) is 4.90. The second kappa shape index (κ2) is 54.5. The lowest BCUT2D eigenvalue weighted by Crippen LogP contribution is -1.99. The smallest absolute Gasteiger partial charge is 0.337 e. The van der Waals surface area contributed by atoms with Crippen LogP contribution in [0.25, 0.3) is 76.3 Å². The van der Waals surface area contributed by atoms with E-state index >= 15 is 0 Å². The number of pyridine rings is 7. The molecule has 0 radical (unpaired) electrons. The Bertz CT molecular complexity index is 4580. The molecule has 14 rings (SSSR count). The van der Waals surface area contributed by atoms with Gasteiger partial charge in [0.25, 0.3) is 0 Å². The number of carbonyl (C=O) groups is 1. The quantitative estimate of drug-likeness (QED) is 0.171. The maximum atomic E-state index is 10.9. The van der Waals surface area contributed by atoms with Crippen LogP contribution < -0.4 is 0 Å². The lowest BCUT2D eigenvalue weighted by atomic mass is 10.1. The van der Waals surface area contributed by atoms with Crippen molar-refractivity contribution in [3.63, 3.8) is 0 Å². The normalized spacial score (nSPS) is 10.1. The van der Waals surface area contributed by atoms with Gasteiger partial charge in [0, 0.05) is 80.6 Å². The Balaban J connectivity index is 0.000000625. The fourth-order valence-corrected chi connectivity index (χ4v) is 10.3. The molecule has 0 bridgehead atoms. The first-order valence-electron chi connectivity index (χ1n) is 40.5. The molecule has 1 N–H and O–H groups in total. The Kier molecular flexibility index (Phi) is 48.7. The molecule has 0 aliphatic carbocycles. The number of aromatic carboxylic acids is 1. The van der Waals surface area contributed by atoms with Gasteiger partial charge in [-0.3, -0.25) is 34.9 Å². The number of hydrogen-bond donors (Lipinski definition) is 1. The van der Waals surface area contributed by atoms with Crippen LogP contribution in [-0.2, 0) is 0 Å². The van der Waals surface area contributed by atoms with E-state index in [2.05, 4.69) is 365 Å². The second-order valence-electron chi connectivity index (χ2n) is 33.8. The molecule has 0 unspecified atom stereocenters. The summed E-state index contributed by atoms with van der Waals surface area (Å²) < 4.78 is 0. The summed E-state index contributed by atoms with van der Waals surface area (Å²) in [7, 11) is 0. The third-order valence-electron chi connectivity index (χ3n) is 14.0. The Morgan fingerprint density at radius 3 is 0.743 bits per heavy atom. The van der Waals surface area contributed by atoms with Gasteiger partial charge in [-0.25, -0.2) is 4.79 Å². The van der Waals surface area contributed by atoms with Gasteiger partial charge in [-0.2, -0.15) is 0 Å². The Hall–Kier alpha value is -10.1. The third kappa shape index (κ3) is 44.6. The monoisotopic (exact) mass is 1520 g/mol. The predicted octanol–water partition coefficient (Wildman–Crippen LogP) is 30.7. The van der Waals surface area contributed by atoms with Crippen LogP contribution in [0, 0.1) is 125 Å². The lowest BCUT2D eigenvalue weighted by molar-refractivity contribution is 0.0698. The van der Waals surface area contributed by atoms with E-state index in [0.717, 1.165) is 91.2 Å². The molecule has 7 aromatic carbocycles. The molecule has 7 aromatic heterocycles. The van der Waals surface area contributed by atoms with Crippen molar-refractivity contribution in [2.24, 2.45) is 41.4 Å². The number of nitrogens with zero attached hydrogens (tertiary/aromatic N) is 7. The van der Waals surface area contributed by atoms with Crippen molar-refractivity contribution in [2.75, 3.05) is 0 Å². The van der Waals surface area contributed by atoms with Crippen molar-refractivity contribution in [2.45, 2.75) is 228 Å². The summed E-state index contributed by atoms with van der Waals surface area (Å²) in [5, 5.41) is 17.2. The highest BCUT2D eigenvalue weighted by Gasteiger charge is 2.10. The van der Waals surface area contributed by atoms with Gasteiger partial charge >= 0.3 is 5.97 Å². The van der Waals surface area contributed by atoms with Gasteiger partial charge in [-0.05, 0) is 255 Å². The second-order valence-corrected chi connectivity index (χ2v) is 33.8. The number of carboxylic acid groups (broad SMARTS) is 1. The summed E-state index contributed by atoms with van der Waals surface area (Å²) >= 11 is 0. The standard InChI is InChI=1S/C11H9NO2.5C11H11N.C10H9N.7C4H10/c1-7-5-8-3-2-4-12-10(8)9(6-7)11(13)14;1-8-3-6-11-10(7-8)5-4-9(2)12-11;4*1-8-6-9(2)11-10(7-8)4-3-5-12-11;1-8-4-5-10-9(7-8)3-2-6-11-10;7*1-4(2)3/h2-6H,1H3,(H,13,14);5*3-7H,1-2H3;2-7H,1H3;7*4H,1-3H3. The molecule has 0 saturated carbocycles. The summed E-state index contributed by atoms with van der Waals surface area (Å²) in [6.07, 6.45) is 10.8. The van der Waals surface area contributed by atoms with E-state index < -0.39 is 5.97 Å². The summed E-state index contributed by atoms with van der Waals surface area (Å²) in [5.41, 5.74) is 22.2. The number of hydrogen-bond acceptors (Lipinski definition) is 8. The number of aryl methyl sites for hydroxylation is 12. The van der Waals surface area contributed by atoms with E-state index in [4.69, 9.17) is 5.11 Å². The van der Waals surface area contributed by atoms with Crippen LogP contribution in [0.3, 0.4) is 0 Å². The minimum absolute atomic E-state index is 0.264. The molecule has 0 aliphatic heterocycles. The van der Waals surface area contributed by atoms with Crippen molar-refractivity contribution in [3.8, 4) is 0 Å². The molecule has 0 aliphatic rings. The van der Waals surface area contributed by atoms with Crippen molar-refractivity contribution in [1.29, 1.82) is 0 Å². The first-order valence-corrected chi connectivity index (χ1v) is 40.5. The van der Waals surface area contributed by atoms with Crippen LogP contribution in [0.15, 0.2) is 219 Å². The van der Waals surface area contributed by atoms with Crippen molar-refractivity contribution in [1.82, 2.24) is 34.9 Å². The number of carboxylic acids is 1. The average molecular weight is 1520 g/mol. The lowest BCUT2D eigenvalue weighted by Gasteiger charge is -2.02. The zero-order chi connectivity index (χ0) is 85.6. The van der Waals surface area contributed by atoms with Crippen molar-refractivity contribution in [3.05, 3.63) is 292 Å². The summed E-state index contributed by atoms with van der Waals surface area (Å²) in [6, 6.07) is 61.6. The molecule has 0 amide bonds. The minimum atomic E-state index is -0.933. The summed E-state index contributed by atoms with van der Waals surface area (Å²) in [6.45, 7) is 70.4. The number of fused-ring (bicyclic) bond motifs is 7. The Morgan fingerprint density at radius 2 is 0.460 bits per heavy atom. The maximum absolute atomic E-state index is 10.9. The topological polar surface area (TPSA) is 128 Å². The van der Waals surface area contributed by atoms with Crippen molar-refractivity contribution < 1.29 is 9.90 Å². The highest BCUT2D eigenvalue weighted by atomic mass is 16.4. The van der Waals surface area contributed by atoms with Gasteiger partial charge in [0.2, 0.25) is 0 Å². The molecule has 0 atom stereocenters. The van der Waals surface area contributed by atoms with Crippen LogP contribution in [0.1, 0.15) is 223 Å². The Morgan fingerprint density at radius 1 is 0.239 bits per heavy atom. The van der Waals surface area contributed by atoms with Gasteiger partial charge in [0.05, 0.1) is 44.2 Å². The molecule has 14 aromatic rings. The SMILES string of the molecule is CC(C)C.CC(C)C.CC(C)C.CC(C)C.CC(C)C.CC(C)C.CC(C)C.Cc1cc(C(=O)O)c2ncccc2c1.Cc1cc(C)c2ncccc2c1.Cc1cc(C)c2ncccc2c1.Cc1cc(C)c2ncccc2c1.Cc1cc(C)c2ncccc2c1.Cc1ccc2nc(C)ccc2c1.Cc1ccc2ncccc2c1. The van der Waals surface area contributed by atoms with E-state index in [1.54, 1.807) is 18.3 Å².